The van der Waals surface area contributed by atoms with Crippen molar-refractivity contribution in [1.82, 2.24) is 20.0 Å². The predicted octanol–water partition coefficient (Wildman–Crippen LogP) is 2.15. The molecular formula is C21H29N5O3. The van der Waals surface area contributed by atoms with Crippen molar-refractivity contribution >= 4 is 17.8 Å². The molecule has 1 aromatic carbocycles. The number of nitrogens with zero attached hydrogens (tertiary/aromatic N) is 4. The molecule has 29 heavy (non-hydrogen) atoms. The van der Waals surface area contributed by atoms with E-state index < -0.39 is 0 Å². The Labute approximate surface area is 171 Å². The van der Waals surface area contributed by atoms with Gasteiger partial charge in [0.25, 0.3) is 5.91 Å². The van der Waals surface area contributed by atoms with Crippen LogP contribution in [0.2, 0.25) is 0 Å². The highest BCUT2D eigenvalue weighted by Crippen LogP contribution is 2.23. The van der Waals surface area contributed by atoms with Crippen LogP contribution in [0.25, 0.3) is 0 Å². The molecule has 1 aromatic heterocycles. The lowest BCUT2D eigenvalue weighted by molar-refractivity contribution is 0.0339. The number of aromatic nitrogens is 2. The number of rotatable bonds is 8. The SMILES string of the molecule is CCCNC(=O)c1c(N=Cc2ccc(OC)c(CN3CCOCC3)c2)cnn1C. The molecule has 2 heterocycles. The molecule has 8 nitrogen and oxygen atoms in total. The van der Waals surface area contributed by atoms with E-state index in [4.69, 9.17) is 9.47 Å². The van der Waals surface area contributed by atoms with Gasteiger partial charge in [0.05, 0.1) is 26.5 Å². The van der Waals surface area contributed by atoms with Gasteiger partial charge in [-0.2, -0.15) is 5.10 Å². The van der Waals surface area contributed by atoms with Crippen molar-refractivity contribution in [2.75, 3.05) is 40.0 Å². The Morgan fingerprint density at radius 1 is 1.38 bits per heavy atom. The van der Waals surface area contributed by atoms with Crippen molar-refractivity contribution < 1.29 is 14.3 Å². The summed E-state index contributed by atoms with van der Waals surface area (Å²) in [4.78, 5) is 19.3. The summed E-state index contributed by atoms with van der Waals surface area (Å²) >= 11 is 0. The second kappa shape index (κ2) is 10.2. The third-order valence-electron chi connectivity index (χ3n) is 4.82. The van der Waals surface area contributed by atoms with Crippen molar-refractivity contribution in [2.24, 2.45) is 12.0 Å². The molecule has 0 bridgehead atoms. The molecule has 156 valence electrons. The van der Waals surface area contributed by atoms with Gasteiger partial charge in [0.2, 0.25) is 0 Å². The van der Waals surface area contributed by atoms with Gasteiger partial charge in [-0.25, -0.2) is 0 Å². The lowest BCUT2D eigenvalue weighted by atomic mass is 10.1. The van der Waals surface area contributed by atoms with Crippen molar-refractivity contribution in [2.45, 2.75) is 19.9 Å². The van der Waals surface area contributed by atoms with E-state index in [1.54, 1.807) is 31.3 Å². The second-order valence-electron chi connectivity index (χ2n) is 6.98. The van der Waals surface area contributed by atoms with Gasteiger partial charge < -0.3 is 14.8 Å². The molecule has 0 atom stereocenters. The fourth-order valence-corrected chi connectivity index (χ4v) is 3.25. The van der Waals surface area contributed by atoms with E-state index in [9.17, 15) is 4.79 Å². The van der Waals surface area contributed by atoms with Gasteiger partial charge in [-0.15, -0.1) is 0 Å². The van der Waals surface area contributed by atoms with Crippen LogP contribution in [-0.4, -0.2) is 66.8 Å². The van der Waals surface area contributed by atoms with Crippen LogP contribution < -0.4 is 10.1 Å². The number of nitrogens with one attached hydrogen (secondary N) is 1. The molecule has 2 aromatic rings. The number of ether oxygens (including phenoxy) is 2. The number of methoxy groups -OCH3 is 1. The van der Waals surface area contributed by atoms with Gasteiger partial charge in [0.15, 0.2) is 5.69 Å². The first-order valence-corrected chi connectivity index (χ1v) is 9.93. The number of carbonyl (C=O) groups is 1. The summed E-state index contributed by atoms with van der Waals surface area (Å²) in [5.74, 6) is 0.691. The highest BCUT2D eigenvalue weighted by atomic mass is 16.5. The Morgan fingerprint density at radius 3 is 2.90 bits per heavy atom. The number of hydrogen-bond acceptors (Lipinski definition) is 6. The van der Waals surface area contributed by atoms with E-state index in [-0.39, 0.29) is 5.91 Å². The number of aryl methyl sites for hydroxylation is 1. The van der Waals surface area contributed by atoms with Gasteiger partial charge in [-0.05, 0) is 30.2 Å². The molecule has 1 N–H and O–H groups in total. The molecule has 1 aliphatic rings. The van der Waals surface area contributed by atoms with E-state index in [0.717, 1.165) is 56.1 Å². The lowest BCUT2D eigenvalue weighted by Crippen LogP contribution is -2.35. The first-order valence-electron chi connectivity index (χ1n) is 9.93. The number of benzene rings is 1. The zero-order valence-electron chi connectivity index (χ0n) is 17.4. The quantitative estimate of drug-likeness (QED) is 0.688. The second-order valence-corrected chi connectivity index (χ2v) is 6.98. The van der Waals surface area contributed by atoms with Gasteiger partial charge >= 0.3 is 0 Å². The summed E-state index contributed by atoms with van der Waals surface area (Å²) in [5, 5.41) is 7.06. The number of morpholine rings is 1. The van der Waals surface area contributed by atoms with Gasteiger partial charge in [0.1, 0.15) is 11.4 Å². The number of amides is 1. The Bertz CT molecular complexity index is 856. The molecule has 0 aliphatic carbocycles. The largest absolute Gasteiger partial charge is 0.496 e. The average molecular weight is 399 g/mol. The van der Waals surface area contributed by atoms with Crippen molar-refractivity contribution in [1.29, 1.82) is 0 Å². The first-order chi connectivity index (χ1) is 14.1. The Morgan fingerprint density at radius 2 is 2.17 bits per heavy atom. The van der Waals surface area contributed by atoms with Crippen LogP contribution in [0.5, 0.6) is 5.75 Å². The minimum atomic E-state index is -0.165. The Hall–Kier alpha value is -2.71. The maximum Gasteiger partial charge on any atom is 0.271 e. The van der Waals surface area contributed by atoms with E-state index in [1.807, 2.05) is 19.1 Å². The summed E-state index contributed by atoms with van der Waals surface area (Å²) in [7, 11) is 3.43. The Balaban J connectivity index is 1.78. The van der Waals surface area contributed by atoms with Crippen LogP contribution >= 0.6 is 0 Å². The summed E-state index contributed by atoms with van der Waals surface area (Å²) in [6.07, 6.45) is 4.24. The summed E-state index contributed by atoms with van der Waals surface area (Å²) in [6.45, 7) is 6.77. The van der Waals surface area contributed by atoms with Crippen LogP contribution in [0.3, 0.4) is 0 Å². The first kappa shape index (κ1) is 21.0. The minimum Gasteiger partial charge on any atom is -0.496 e. The third kappa shape index (κ3) is 5.42. The zero-order valence-corrected chi connectivity index (χ0v) is 17.4. The van der Waals surface area contributed by atoms with Crippen LogP contribution in [0.4, 0.5) is 5.69 Å². The average Bonchev–Trinajstić information content (AvgIpc) is 3.12. The number of carbonyl (C=O) groups excluding carboxylic acids is 1. The smallest absolute Gasteiger partial charge is 0.271 e. The van der Waals surface area contributed by atoms with E-state index in [2.05, 4.69) is 26.4 Å². The van der Waals surface area contributed by atoms with Crippen molar-refractivity contribution in [3.63, 3.8) is 0 Å². The third-order valence-corrected chi connectivity index (χ3v) is 4.82. The fourth-order valence-electron chi connectivity index (χ4n) is 3.25. The molecule has 8 heteroatoms. The van der Waals surface area contributed by atoms with Gasteiger partial charge in [0, 0.05) is 45.0 Å². The summed E-state index contributed by atoms with van der Waals surface area (Å²) in [5.41, 5.74) is 3.05. The van der Waals surface area contributed by atoms with Gasteiger partial charge in [-0.3, -0.25) is 19.4 Å². The molecule has 0 saturated carbocycles. The zero-order chi connectivity index (χ0) is 20.6. The van der Waals surface area contributed by atoms with E-state index in [1.165, 1.54) is 0 Å². The summed E-state index contributed by atoms with van der Waals surface area (Å²) < 4.78 is 12.5. The highest BCUT2D eigenvalue weighted by Gasteiger charge is 2.16. The van der Waals surface area contributed by atoms with Gasteiger partial charge in [-0.1, -0.05) is 6.92 Å². The van der Waals surface area contributed by atoms with Crippen LogP contribution in [0.15, 0.2) is 29.4 Å². The van der Waals surface area contributed by atoms with Crippen molar-refractivity contribution in [3.8, 4) is 5.75 Å². The monoisotopic (exact) mass is 399 g/mol. The van der Waals surface area contributed by atoms with Crippen LogP contribution in [-0.2, 0) is 18.3 Å². The van der Waals surface area contributed by atoms with Crippen LogP contribution in [0, 0.1) is 0 Å². The molecule has 0 radical (unpaired) electrons. The molecular weight excluding hydrogens is 370 g/mol. The molecule has 0 spiro atoms. The topological polar surface area (TPSA) is 81.0 Å². The maximum atomic E-state index is 12.4. The molecule has 1 aliphatic heterocycles. The molecule has 1 saturated heterocycles. The predicted molar refractivity (Wildman–Crippen MR) is 112 cm³/mol. The summed E-state index contributed by atoms with van der Waals surface area (Å²) in [6, 6.07) is 5.98. The molecule has 1 amide bonds. The minimum absolute atomic E-state index is 0.165. The normalized spacial score (nSPS) is 15.0. The maximum absolute atomic E-state index is 12.4. The lowest BCUT2D eigenvalue weighted by Gasteiger charge is -2.27. The van der Waals surface area contributed by atoms with Crippen LogP contribution in [0.1, 0.15) is 35.0 Å². The molecule has 3 rings (SSSR count). The standard InChI is InChI=1S/C21H29N5O3/c1-4-7-22-21(27)20-18(14-24-25(20)2)23-13-16-5-6-19(28-3)17(12-16)15-26-8-10-29-11-9-26/h5-6,12-14H,4,7-11,15H2,1-3H3,(H,22,27). The fraction of sp³-hybridized carbons (Fsp3) is 0.476. The highest BCUT2D eigenvalue weighted by molar-refractivity contribution is 5.98. The van der Waals surface area contributed by atoms with E-state index in [0.29, 0.717) is 17.9 Å². The molecule has 1 fully saturated rings. The number of hydrogen-bond donors (Lipinski definition) is 1. The van der Waals surface area contributed by atoms with Crippen molar-refractivity contribution in [3.05, 3.63) is 41.2 Å². The number of aliphatic imine (C=N–C) groups is 1. The molecule has 0 unspecified atom stereocenters. The Kier molecular flexibility index (Phi) is 7.37. The van der Waals surface area contributed by atoms with E-state index >= 15 is 0 Å².